The van der Waals surface area contributed by atoms with E-state index in [1.54, 1.807) is 32.9 Å². The van der Waals surface area contributed by atoms with Gasteiger partial charge in [0.15, 0.2) is 0 Å². The number of amides is 1. The summed E-state index contributed by atoms with van der Waals surface area (Å²) in [5.74, 6) is 0.194. The predicted octanol–water partition coefficient (Wildman–Crippen LogP) is 4.41. The van der Waals surface area contributed by atoms with Gasteiger partial charge in [-0.3, -0.25) is 0 Å². The molecule has 25 heavy (non-hydrogen) atoms. The van der Waals surface area contributed by atoms with E-state index in [4.69, 9.17) is 4.74 Å². The van der Waals surface area contributed by atoms with Crippen molar-refractivity contribution in [3.8, 4) is 0 Å². The molecule has 2 N–H and O–H groups in total. The van der Waals surface area contributed by atoms with Crippen LogP contribution in [-0.2, 0) is 10.2 Å². The first-order valence-corrected chi connectivity index (χ1v) is 8.92. The van der Waals surface area contributed by atoms with Crippen LogP contribution in [0.1, 0.15) is 59.4 Å². The van der Waals surface area contributed by atoms with E-state index in [-0.39, 0.29) is 19.0 Å². The molecule has 0 bridgehead atoms. The Kier molecular flexibility index (Phi) is 7.87. The fourth-order valence-electron chi connectivity index (χ4n) is 2.78. The summed E-state index contributed by atoms with van der Waals surface area (Å²) in [6, 6.07) is 6.24. The van der Waals surface area contributed by atoms with E-state index in [1.807, 2.05) is 0 Å². The third-order valence-corrected chi connectivity index (χ3v) is 4.15. The van der Waals surface area contributed by atoms with Gasteiger partial charge in [0, 0.05) is 12.0 Å². The summed E-state index contributed by atoms with van der Waals surface area (Å²) < 4.78 is 19.0. The largest absolute Gasteiger partial charge is 0.444 e. The molecule has 1 unspecified atom stereocenters. The molecular formula is C20H32FNO3. The van der Waals surface area contributed by atoms with E-state index in [9.17, 15) is 14.3 Å². The monoisotopic (exact) mass is 353 g/mol. The second-order valence-electron chi connectivity index (χ2n) is 8.09. The van der Waals surface area contributed by atoms with Gasteiger partial charge in [-0.25, -0.2) is 9.18 Å². The summed E-state index contributed by atoms with van der Waals surface area (Å²) >= 11 is 0. The van der Waals surface area contributed by atoms with Crippen molar-refractivity contribution in [2.75, 3.05) is 13.2 Å². The SMILES string of the molecule is CC(C)CCCC(CO)(CNC(=O)OC(C)(C)C)c1cccc(F)c1. The standard InChI is InChI=1S/C20H32FNO3/c1-15(2)8-7-11-20(14-23,16-9-6-10-17(21)12-16)13-22-18(24)25-19(3,4)5/h6,9-10,12,15,23H,7-8,11,13-14H2,1-5H3,(H,22,24). The number of hydrogen-bond donors (Lipinski definition) is 2. The van der Waals surface area contributed by atoms with Crippen molar-refractivity contribution in [2.45, 2.75) is 64.9 Å². The van der Waals surface area contributed by atoms with Gasteiger partial charge < -0.3 is 15.2 Å². The Bertz CT molecular complexity index is 554. The van der Waals surface area contributed by atoms with Crippen molar-refractivity contribution in [2.24, 2.45) is 5.92 Å². The molecule has 1 aromatic rings. The number of alkyl carbamates (subject to hydrolysis) is 1. The highest BCUT2D eigenvalue weighted by Crippen LogP contribution is 2.30. The lowest BCUT2D eigenvalue weighted by molar-refractivity contribution is 0.0499. The molecule has 1 atom stereocenters. The lowest BCUT2D eigenvalue weighted by atomic mass is 9.76. The van der Waals surface area contributed by atoms with Crippen LogP contribution < -0.4 is 5.32 Å². The first kappa shape index (κ1) is 21.4. The molecule has 142 valence electrons. The van der Waals surface area contributed by atoms with Crippen molar-refractivity contribution in [1.82, 2.24) is 5.32 Å². The van der Waals surface area contributed by atoms with E-state index in [1.165, 1.54) is 12.1 Å². The molecule has 1 aromatic carbocycles. The molecule has 0 saturated carbocycles. The van der Waals surface area contributed by atoms with Crippen molar-refractivity contribution in [1.29, 1.82) is 0 Å². The van der Waals surface area contributed by atoms with Crippen LogP contribution in [0.3, 0.4) is 0 Å². The maximum atomic E-state index is 13.7. The molecular weight excluding hydrogens is 321 g/mol. The first-order chi connectivity index (χ1) is 11.6. The predicted molar refractivity (Wildman–Crippen MR) is 98.1 cm³/mol. The van der Waals surface area contributed by atoms with E-state index < -0.39 is 17.1 Å². The molecule has 0 aliphatic heterocycles. The van der Waals surface area contributed by atoms with Crippen molar-refractivity contribution in [3.05, 3.63) is 35.6 Å². The maximum absolute atomic E-state index is 13.7. The molecule has 0 heterocycles. The Morgan fingerprint density at radius 2 is 2.00 bits per heavy atom. The topological polar surface area (TPSA) is 58.6 Å². The summed E-state index contributed by atoms with van der Waals surface area (Å²) in [6.45, 7) is 9.68. The third kappa shape index (κ3) is 7.43. The average molecular weight is 353 g/mol. The third-order valence-electron chi connectivity index (χ3n) is 4.15. The van der Waals surface area contributed by atoms with Crippen molar-refractivity contribution < 1.29 is 19.0 Å². The van der Waals surface area contributed by atoms with Crippen molar-refractivity contribution >= 4 is 6.09 Å². The zero-order valence-corrected chi connectivity index (χ0v) is 16.1. The molecule has 4 nitrogen and oxygen atoms in total. The molecule has 0 fully saturated rings. The van der Waals surface area contributed by atoms with Crippen molar-refractivity contribution in [3.63, 3.8) is 0 Å². The van der Waals surface area contributed by atoms with Crippen LogP contribution >= 0.6 is 0 Å². The number of halogens is 1. The summed E-state index contributed by atoms with van der Waals surface area (Å²) in [5.41, 5.74) is -0.633. The quantitative estimate of drug-likeness (QED) is 0.728. The van der Waals surface area contributed by atoms with Crippen LogP contribution in [0.2, 0.25) is 0 Å². The minimum absolute atomic E-state index is 0.176. The average Bonchev–Trinajstić information content (AvgIpc) is 2.49. The molecule has 0 aliphatic rings. The molecule has 5 heteroatoms. The summed E-state index contributed by atoms with van der Waals surface area (Å²) in [5, 5.41) is 12.9. The molecule has 0 saturated heterocycles. The zero-order chi connectivity index (χ0) is 19.1. The number of carbonyl (C=O) groups excluding carboxylic acids is 1. The first-order valence-electron chi connectivity index (χ1n) is 8.92. The van der Waals surface area contributed by atoms with Gasteiger partial charge in [-0.1, -0.05) is 38.8 Å². The van der Waals surface area contributed by atoms with E-state index in [2.05, 4.69) is 19.2 Å². The summed E-state index contributed by atoms with van der Waals surface area (Å²) in [7, 11) is 0. The number of nitrogens with one attached hydrogen (secondary N) is 1. The Labute approximate surface area is 150 Å². The lowest BCUT2D eigenvalue weighted by Crippen LogP contribution is -2.45. The zero-order valence-electron chi connectivity index (χ0n) is 16.1. The van der Waals surface area contributed by atoms with E-state index >= 15 is 0 Å². The van der Waals surface area contributed by atoms with Crippen LogP contribution in [0.15, 0.2) is 24.3 Å². The molecule has 0 aromatic heterocycles. The number of aliphatic hydroxyl groups excluding tert-OH is 1. The number of benzene rings is 1. The van der Waals surface area contributed by atoms with Gasteiger partial charge >= 0.3 is 6.09 Å². The van der Waals surface area contributed by atoms with Crippen LogP contribution in [0.5, 0.6) is 0 Å². The minimum atomic E-state index is -0.728. The molecule has 0 spiro atoms. The van der Waals surface area contributed by atoms with Gasteiger partial charge in [0.1, 0.15) is 11.4 Å². The highest BCUT2D eigenvalue weighted by Gasteiger charge is 2.33. The second kappa shape index (κ2) is 9.18. The molecule has 1 amide bonds. The van der Waals surface area contributed by atoms with E-state index in [0.717, 1.165) is 12.8 Å². The normalized spacial score (nSPS) is 14.2. The van der Waals surface area contributed by atoms with Gasteiger partial charge in [0.25, 0.3) is 0 Å². The number of aliphatic hydroxyl groups is 1. The number of carbonyl (C=O) groups is 1. The van der Waals surface area contributed by atoms with Gasteiger partial charge in [0.05, 0.1) is 6.61 Å². The fraction of sp³-hybridized carbons (Fsp3) is 0.650. The minimum Gasteiger partial charge on any atom is -0.444 e. The van der Waals surface area contributed by atoms with E-state index in [0.29, 0.717) is 17.9 Å². The Hall–Kier alpha value is -1.62. The summed E-state index contributed by atoms with van der Waals surface area (Å²) in [6.07, 6.45) is 2.00. The van der Waals surface area contributed by atoms with Crippen LogP contribution in [-0.4, -0.2) is 30.0 Å². The number of hydrogen-bond acceptors (Lipinski definition) is 3. The molecule has 0 radical (unpaired) electrons. The molecule has 0 aliphatic carbocycles. The smallest absolute Gasteiger partial charge is 0.407 e. The highest BCUT2D eigenvalue weighted by molar-refractivity contribution is 5.67. The Morgan fingerprint density at radius 3 is 2.52 bits per heavy atom. The fourth-order valence-corrected chi connectivity index (χ4v) is 2.78. The van der Waals surface area contributed by atoms with Gasteiger partial charge in [-0.05, 0) is 50.8 Å². The van der Waals surface area contributed by atoms with Gasteiger partial charge in [0.2, 0.25) is 0 Å². The Morgan fingerprint density at radius 1 is 1.32 bits per heavy atom. The highest BCUT2D eigenvalue weighted by atomic mass is 19.1. The van der Waals surface area contributed by atoms with Crippen LogP contribution in [0, 0.1) is 11.7 Å². The Balaban J connectivity index is 2.94. The lowest BCUT2D eigenvalue weighted by Gasteiger charge is -2.33. The van der Waals surface area contributed by atoms with Crippen LogP contribution in [0.4, 0.5) is 9.18 Å². The summed E-state index contributed by atoms with van der Waals surface area (Å²) in [4.78, 5) is 12.0. The number of ether oxygens (including phenoxy) is 1. The van der Waals surface area contributed by atoms with Gasteiger partial charge in [-0.15, -0.1) is 0 Å². The van der Waals surface area contributed by atoms with Gasteiger partial charge in [-0.2, -0.15) is 0 Å². The maximum Gasteiger partial charge on any atom is 0.407 e. The number of rotatable bonds is 8. The molecule has 1 rings (SSSR count). The van der Waals surface area contributed by atoms with Crippen LogP contribution in [0.25, 0.3) is 0 Å². The second-order valence-corrected chi connectivity index (χ2v) is 8.09.